The van der Waals surface area contributed by atoms with Crippen LogP contribution in [0.3, 0.4) is 0 Å². The number of benzene rings is 2. The molecule has 2 aromatic rings. The highest BCUT2D eigenvalue weighted by atomic mass is 35.5. The zero-order valence-corrected chi connectivity index (χ0v) is 18.2. The summed E-state index contributed by atoms with van der Waals surface area (Å²) < 4.78 is 10.8. The molecule has 2 aromatic carbocycles. The molecule has 0 spiro atoms. The van der Waals surface area contributed by atoms with Gasteiger partial charge in [-0.2, -0.15) is 0 Å². The summed E-state index contributed by atoms with van der Waals surface area (Å²) in [7, 11) is 1.68. The largest absolute Gasteiger partial charge is 0.497 e. The van der Waals surface area contributed by atoms with Crippen LogP contribution < -0.4 is 14.4 Å². The smallest absolute Gasteiger partial charge is 0.138 e. The van der Waals surface area contributed by atoms with Crippen molar-refractivity contribution in [2.24, 2.45) is 0 Å². The van der Waals surface area contributed by atoms with Crippen LogP contribution in [0.2, 0.25) is 5.02 Å². The fraction of sp³-hybridized carbons (Fsp3) is 0.400. The number of aliphatic hydroxyl groups excluding tert-OH is 1. The molecule has 28 heavy (non-hydrogen) atoms. The van der Waals surface area contributed by atoms with Crippen molar-refractivity contribution >= 4 is 42.1 Å². The molecule has 1 atom stereocenters. The number of β-amino-alcohol motifs (C(OH)–C–C–N with tert-alkyl or cyclic N) is 1. The monoisotopic (exact) mass is 448 g/mol. The first-order chi connectivity index (χ1) is 12.7. The van der Waals surface area contributed by atoms with E-state index in [1.807, 2.05) is 30.3 Å². The van der Waals surface area contributed by atoms with Gasteiger partial charge in [0.25, 0.3) is 0 Å². The molecule has 0 radical (unpaired) electrons. The van der Waals surface area contributed by atoms with Crippen LogP contribution in [0.1, 0.15) is 0 Å². The number of para-hydroxylation sites is 1. The van der Waals surface area contributed by atoms with E-state index in [1.54, 1.807) is 13.2 Å². The molecule has 8 heteroatoms. The zero-order valence-electron chi connectivity index (χ0n) is 15.8. The Morgan fingerprint density at radius 2 is 1.64 bits per heavy atom. The van der Waals surface area contributed by atoms with Gasteiger partial charge >= 0.3 is 0 Å². The molecule has 5 nitrogen and oxygen atoms in total. The minimum Gasteiger partial charge on any atom is -0.497 e. The van der Waals surface area contributed by atoms with Crippen molar-refractivity contribution in [1.29, 1.82) is 0 Å². The molecule has 0 aromatic heterocycles. The summed E-state index contributed by atoms with van der Waals surface area (Å²) in [5, 5.41) is 10.8. The average molecular weight is 450 g/mol. The van der Waals surface area contributed by atoms with Gasteiger partial charge in [0, 0.05) is 38.4 Å². The van der Waals surface area contributed by atoms with Gasteiger partial charge < -0.3 is 19.5 Å². The predicted molar refractivity (Wildman–Crippen MR) is 119 cm³/mol. The van der Waals surface area contributed by atoms with Crippen LogP contribution in [-0.4, -0.2) is 62.6 Å². The highest BCUT2D eigenvalue weighted by Gasteiger charge is 2.20. The normalized spacial score (nSPS) is 15.2. The fourth-order valence-corrected chi connectivity index (χ4v) is 3.27. The van der Waals surface area contributed by atoms with Gasteiger partial charge in [-0.15, -0.1) is 24.8 Å². The van der Waals surface area contributed by atoms with E-state index in [4.69, 9.17) is 21.1 Å². The van der Waals surface area contributed by atoms with E-state index < -0.39 is 6.10 Å². The molecule has 0 saturated carbocycles. The van der Waals surface area contributed by atoms with Gasteiger partial charge in [0.1, 0.15) is 24.2 Å². The summed E-state index contributed by atoms with van der Waals surface area (Å²) in [5.41, 5.74) is 1.20. The number of ether oxygens (including phenoxy) is 2. The number of methoxy groups -OCH3 is 1. The number of piperazine rings is 1. The van der Waals surface area contributed by atoms with Crippen molar-refractivity contribution < 1.29 is 14.6 Å². The first kappa shape index (κ1) is 24.7. The molecule has 1 unspecified atom stereocenters. The second kappa shape index (κ2) is 12.2. The number of halogens is 3. The molecule has 1 N–H and O–H groups in total. The van der Waals surface area contributed by atoms with Crippen molar-refractivity contribution in [2.45, 2.75) is 6.10 Å². The average Bonchev–Trinajstić information content (AvgIpc) is 2.68. The van der Waals surface area contributed by atoms with Crippen molar-refractivity contribution in [1.82, 2.24) is 4.90 Å². The molecular weight excluding hydrogens is 423 g/mol. The lowest BCUT2D eigenvalue weighted by molar-refractivity contribution is 0.0663. The van der Waals surface area contributed by atoms with E-state index in [2.05, 4.69) is 21.9 Å². The Labute approximate surface area is 184 Å². The molecule has 1 aliphatic rings. The van der Waals surface area contributed by atoms with Crippen LogP contribution in [0.4, 0.5) is 5.69 Å². The topological polar surface area (TPSA) is 45.2 Å². The van der Waals surface area contributed by atoms with Crippen LogP contribution >= 0.6 is 36.4 Å². The molecule has 3 rings (SSSR count). The highest BCUT2D eigenvalue weighted by Crippen LogP contribution is 2.23. The van der Waals surface area contributed by atoms with E-state index in [-0.39, 0.29) is 31.4 Å². The molecule has 0 aliphatic carbocycles. The quantitative estimate of drug-likeness (QED) is 0.697. The highest BCUT2D eigenvalue weighted by molar-refractivity contribution is 6.32. The summed E-state index contributed by atoms with van der Waals surface area (Å²) in [6.45, 7) is 4.53. The maximum Gasteiger partial charge on any atom is 0.138 e. The second-order valence-corrected chi connectivity index (χ2v) is 6.79. The van der Waals surface area contributed by atoms with Crippen LogP contribution in [0.5, 0.6) is 11.5 Å². The SMILES string of the molecule is COc1ccc(N2CCN(CC(O)COc3ccccc3Cl)CC2)cc1.Cl.Cl. The number of nitrogens with zero attached hydrogens (tertiary/aromatic N) is 2. The summed E-state index contributed by atoms with van der Waals surface area (Å²) in [6, 6.07) is 15.4. The maximum atomic E-state index is 10.3. The van der Waals surface area contributed by atoms with E-state index in [9.17, 15) is 5.11 Å². The van der Waals surface area contributed by atoms with E-state index in [1.165, 1.54) is 5.69 Å². The zero-order chi connectivity index (χ0) is 18.4. The van der Waals surface area contributed by atoms with E-state index in [0.717, 1.165) is 31.9 Å². The van der Waals surface area contributed by atoms with Gasteiger partial charge in [-0.25, -0.2) is 0 Å². The Morgan fingerprint density at radius 1 is 1.00 bits per heavy atom. The van der Waals surface area contributed by atoms with Gasteiger partial charge in [0.2, 0.25) is 0 Å². The van der Waals surface area contributed by atoms with Crippen molar-refractivity contribution in [3.8, 4) is 11.5 Å². The third-order valence-corrected chi connectivity index (χ3v) is 4.86. The van der Waals surface area contributed by atoms with E-state index in [0.29, 0.717) is 17.3 Å². The number of rotatable bonds is 7. The van der Waals surface area contributed by atoms with Crippen LogP contribution in [0, 0.1) is 0 Å². The Morgan fingerprint density at radius 3 is 2.25 bits per heavy atom. The Hall–Kier alpha value is -1.37. The number of aliphatic hydroxyl groups is 1. The molecule has 0 bridgehead atoms. The molecular formula is C20H27Cl3N2O3. The van der Waals surface area contributed by atoms with Crippen molar-refractivity contribution in [3.05, 3.63) is 53.6 Å². The summed E-state index contributed by atoms with van der Waals surface area (Å²) in [5.74, 6) is 1.48. The lowest BCUT2D eigenvalue weighted by Gasteiger charge is -2.36. The van der Waals surface area contributed by atoms with Crippen molar-refractivity contribution in [3.63, 3.8) is 0 Å². The van der Waals surface area contributed by atoms with Gasteiger partial charge in [0.15, 0.2) is 0 Å². The minimum absolute atomic E-state index is 0. The number of anilines is 1. The second-order valence-electron chi connectivity index (χ2n) is 6.38. The van der Waals surface area contributed by atoms with Gasteiger partial charge in [0.05, 0.1) is 12.1 Å². The third-order valence-electron chi connectivity index (χ3n) is 4.55. The number of hydrogen-bond donors (Lipinski definition) is 1. The molecule has 1 fully saturated rings. The lowest BCUT2D eigenvalue weighted by atomic mass is 10.2. The molecule has 156 valence electrons. The molecule has 0 amide bonds. The van der Waals surface area contributed by atoms with E-state index >= 15 is 0 Å². The number of hydrogen-bond acceptors (Lipinski definition) is 5. The first-order valence-electron chi connectivity index (χ1n) is 8.82. The van der Waals surface area contributed by atoms with Crippen molar-refractivity contribution in [2.75, 3.05) is 51.3 Å². The first-order valence-corrected chi connectivity index (χ1v) is 9.20. The molecule has 1 heterocycles. The standard InChI is InChI=1S/C20H25ClN2O3.2ClH/c1-25-18-8-6-16(7-9-18)23-12-10-22(11-13-23)14-17(24)15-26-20-5-3-2-4-19(20)21;;/h2-9,17,24H,10-15H2,1H3;2*1H. The van der Waals surface area contributed by atoms with Crippen LogP contribution in [0.15, 0.2) is 48.5 Å². The summed E-state index contributed by atoms with van der Waals surface area (Å²) in [4.78, 5) is 4.61. The minimum atomic E-state index is -0.543. The maximum absolute atomic E-state index is 10.3. The Balaban J connectivity index is 0.00000196. The fourth-order valence-electron chi connectivity index (χ4n) is 3.08. The Kier molecular flexibility index (Phi) is 10.8. The third kappa shape index (κ3) is 6.90. The van der Waals surface area contributed by atoms with Crippen LogP contribution in [0.25, 0.3) is 0 Å². The summed E-state index contributed by atoms with van der Waals surface area (Å²) in [6.07, 6.45) is -0.543. The molecule has 1 aliphatic heterocycles. The van der Waals surface area contributed by atoms with Gasteiger partial charge in [-0.1, -0.05) is 23.7 Å². The predicted octanol–water partition coefficient (Wildman–Crippen LogP) is 3.75. The Bertz CT molecular complexity index is 695. The lowest BCUT2D eigenvalue weighted by Crippen LogP contribution is -2.49. The van der Waals surface area contributed by atoms with Gasteiger partial charge in [-0.05, 0) is 36.4 Å². The summed E-state index contributed by atoms with van der Waals surface area (Å²) >= 11 is 6.06. The van der Waals surface area contributed by atoms with Gasteiger partial charge in [-0.3, -0.25) is 4.90 Å². The molecule has 1 saturated heterocycles. The van der Waals surface area contributed by atoms with Crippen LogP contribution in [-0.2, 0) is 0 Å².